The number of sulfonamides is 1. The second-order valence-corrected chi connectivity index (χ2v) is 11.1. The van der Waals surface area contributed by atoms with Gasteiger partial charge in [-0.3, -0.25) is 14.5 Å². The maximum absolute atomic E-state index is 13.7. The lowest BCUT2D eigenvalue weighted by atomic mass is 9.98. The fourth-order valence-corrected chi connectivity index (χ4v) is 5.27. The van der Waals surface area contributed by atoms with E-state index in [2.05, 4.69) is 9.97 Å². The first-order chi connectivity index (χ1) is 21.7. The number of pyridine rings is 2. The summed E-state index contributed by atoms with van der Waals surface area (Å²) in [5.74, 6) is -7.64. The summed E-state index contributed by atoms with van der Waals surface area (Å²) >= 11 is 0. The van der Waals surface area contributed by atoms with Gasteiger partial charge in [-0.15, -0.1) is 0 Å². The number of carbonyl (C=O) groups is 3. The third-order valence-electron chi connectivity index (χ3n) is 6.31. The predicted octanol–water partition coefficient (Wildman–Crippen LogP) is 3.68. The highest BCUT2D eigenvalue weighted by Crippen LogP contribution is 2.32. The van der Waals surface area contributed by atoms with Gasteiger partial charge in [-0.25, -0.2) is 44.9 Å². The Balaban J connectivity index is 0.000000441. The lowest BCUT2D eigenvalue weighted by Gasteiger charge is -2.39. The van der Waals surface area contributed by atoms with Gasteiger partial charge in [0.2, 0.25) is 15.9 Å². The van der Waals surface area contributed by atoms with Crippen molar-refractivity contribution in [3.05, 3.63) is 87.9 Å². The molecule has 12 nitrogen and oxygen atoms in total. The number of carbonyl (C=O) groups excluding carboxylic acids is 2. The highest BCUT2D eigenvalue weighted by molar-refractivity contribution is 7.89. The highest BCUT2D eigenvalue weighted by Gasteiger charge is 2.38. The molecule has 1 fully saturated rings. The standard InChI is InChI=1S/C21H18F4N4O5S.C7H6FNO2/c1-2-34-21(31)13-6-11(7-26)19(27-17(13)18(24)25)29-8-12(9-29)20(30)28-35(32,33)10-14-15(22)4-3-5-16(14)23;8-4-6-5(7(10)11)2-1-3-9-6/h3-6,12,18H,2,8-10H2,1H3,(H,28,30);1-3H,4H2,(H,10,11). The zero-order chi connectivity index (χ0) is 34.2. The molecule has 0 saturated carbocycles. The smallest absolute Gasteiger partial charge is 0.340 e. The van der Waals surface area contributed by atoms with Gasteiger partial charge in [0.05, 0.1) is 34.9 Å². The number of rotatable bonds is 10. The van der Waals surface area contributed by atoms with Crippen LogP contribution in [0.15, 0.2) is 42.6 Å². The average molecular weight is 670 g/mol. The first kappa shape index (κ1) is 35.3. The molecule has 1 saturated heterocycles. The van der Waals surface area contributed by atoms with E-state index in [0.29, 0.717) is 0 Å². The molecule has 0 bridgehead atoms. The summed E-state index contributed by atoms with van der Waals surface area (Å²) in [6.07, 6.45) is -1.80. The van der Waals surface area contributed by atoms with Crippen molar-refractivity contribution in [2.45, 2.75) is 25.8 Å². The first-order valence-electron chi connectivity index (χ1n) is 13.1. The second-order valence-electron chi connectivity index (χ2n) is 9.39. The van der Waals surface area contributed by atoms with Gasteiger partial charge in [0.25, 0.3) is 6.43 Å². The van der Waals surface area contributed by atoms with Crippen molar-refractivity contribution in [3.63, 3.8) is 0 Å². The number of benzene rings is 1. The topological polar surface area (TPSA) is 180 Å². The van der Waals surface area contributed by atoms with Gasteiger partial charge < -0.3 is 14.7 Å². The molecular weight excluding hydrogens is 645 g/mol. The van der Waals surface area contributed by atoms with E-state index in [1.54, 1.807) is 10.8 Å². The molecule has 1 aliphatic rings. The molecule has 1 aromatic carbocycles. The number of nitrogens with zero attached hydrogens (tertiary/aromatic N) is 4. The molecule has 1 aliphatic heterocycles. The van der Waals surface area contributed by atoms with E-state index in [1.807, 2.05) is 0 Å². The van der Waals surface area contributed by atoms with Crippen LogP contribution in [0.4, 0.5) is 27.8 Å². The normalized spacial score (nSPS) is 12.8. The Morgan fingerprint density at radius 3 is 2.33 bits per heavy atom. The molecule has 0 unspecified atom stereocenters. The Morgan fingerprint density at radius 1 is 1.15 bits per heavy atom. The van der Waals surface area contributed by atoms with Crippen molar-refractivity contribution in [1.29, 1.82) is 5.26 Å². The van der Waals surface area contributed by atoms with Gasteiger partial charge in [0.15, 0.2) is 0 Å². The number of hydrogen-bond acceptors (Lipinski definition) is 10. The lowest BCUT2D eigenvalue weighted by Crippen LogP contribution is -2.55. The maximum Gasteiger partial charge on any atom is 0.340 e. The van der Waals surface area contributed by atoms with Crippen LogP contribution in [0.3, 0.4) is 0 Å². The summed E-state index contributed by atoms with van der Waals surface area (Å²) in [4.78, 5) is 43.3. The van der Waals surface area contributed by atoms with E-state index in [-0.39, 0.29) is 42.3 Å². The number of aromatic nitrogens is 2. The van der Waals surface area contributed by atoms with Crippen LogP contribution < -0.4 is 9.62 Å². The number of amides is 1. The molecule has 0 atom stereocenters. The Labute approximate surface area is 258 Å². The largest absolute Gasteiger partial charge is 0.478 e. The van der Waals surface area contributed by atoms with Gasteiger partial charge in [-0.2, -0.15) is 5.26 Å². The summed E-state index contributed by atoms with van der Waals surface area (Å²) in [6.45, 7) is 0.186. The summed E-state index contributed by atoms with van der Waals surface area (Å²) in [5, 5.41) is 17.9. The van der Waals surface area contributed by atoms with Gasteiger partial charge >= 0.3 is 11.9 Å². The van der Waals surface area contributed by atoms with Gasteiger partial charge in [-0.05, 0) is 37.3 Å². The Morgan fingerprint density at radius 2 is 1.80 bits per heavy atom. The predicted molar refractivity (Wildman–Crippen MR) is 149 cm³/mol. The maximum atomic E-state index is 13.7. The van der Waals surface area contributed by atoms with Crippen molar-refractivity contribution in [2.75, 3.05) is 24.6 Å². The monoisotopic (exact) mass is 669 g/mol. The average Bonchev–Trinajstić information content (AvgIpc) is 2.98. The number of anilines is 1. The van der Waals surface area contributed by atoms with Gasteiger partial charge in [-0.1, -0.05) is 6.07 Å². The third kappa shape index (κ3) is 8.50. The zero-order valence-corrected chi connectivity index (χ0v) is 24.5. The summed E-state index contributed by atoms with van der Waals surface area (Å²) in [5.41, 5.74) is -2.52. The van der Waals surface area contributed by atoms with Crippen LogP contribution >= 0.6 is 0 Å². The number of alkyl halides is 3. The minimum absolute atomic E-state index is 0.0278. The fraction of sp³-hybridized carbons (Fsp3) is 0.286. The molecule has 4 rings (SSSR count). The SMILES string of the molecule is CCOC(=O)c1cc(C#N)c(N2CC(C(=O)NS(=O)(=O)Cc3c(F)cccc3F)C2)nc1C(F)F.O=C(O)c1cccnc1CF. The van der Waals surface area contributed by atoms with Crippen molar-refractivity contribution in [2.24, 2.45) is 5.92 Å². The molecule has 46 heavy (non-hydrogen) atoms. The number of hydrogen-bond donors (Lipinski definition) is 2. The van der Waals surface area contributed by atoms with Crippen LogP contribution in [-0.4, -0.2) is 61.0 Å². The molecule has 2 N–H and O–H groups in total. The van der Waals surface area contributed by atoms with E-state index in [4.69, 9.17) is 9.84 Å². The number of nitrogens with one attached hydrogen (secondary N) is 1. The number of carboxylic acid groups (broad SMARTS) is 1. The lowest BCUT2D eigenvalue weighted by molar-refractivity contribution is -0.123. The molecule has 3 aromatic rings. The van der Waals surface area contributed by atoms with Crippen molar-refractivity contribution in [1.82, 2.24) is 14.7 Å². The Hall–Kier alpha value is -5.18. The Bertz CT molecular complexity index is 1760. The number of ether oxygens (including phenoxy) is 1. The number of nitriles is 1. The minimum atomic E-state index is -4.45. The van der Waals surface area contributed by atoms with E-state index >= 15 is 0 Å². The van der Waals surface area contributed by atoms with E-state index < -0.39 is 81.1 Å². The van der Waals surface area contributed by atoms with Crippen LogP contribution in [0, 0.1) is 28.9 Å². The molecule has 2 aromatic heterocycles. The highest BCUT2D eigenvalue weighted by atomic mass is 32.2. The van der Waals surface area contributed by atoms with Crippen molar-refractivity contribution in [3.8, 4) is 6.07 Å². The summed E-state index contributed by atoms with van der Waals surface area (Å²) in [6, 6.07) is 8.26. The van der Waals surface area contributed by atoms with Crippen molar-refractivity contribution >= 4 is 33.7 Å². The summed E-state index contributed by atoms with van der Waals surface area (Å²) < 4.78 is 97.4. The molecule has 18 heteroatoms. The number of esters is 1. The van der Waals surface area contributed by atoms with Crippen LogP contribution in [-0.2, 0) is 32.0 Å². The van der Waals surface area contributed by atoms with Crippen LogP contribution in [0.2, 0.25) is 0 Å². The molecule has 1 amide bonds. The number of carboxylic acids is 1. The van der Waals surface area contributed by atoms with E-state index in [0.717, 1.165) is 24.3 Å². The molecule has 3 heterocycles. The second kappa shape index (κ2) is 15.2. The summed E-state index contributed by atoms with van der Waals surface area (Å²) in [7, 11) is -4.45. The fourth-order valence-electron chi connectivity index (χ4n) is 4.07. The molecular formula is C28H24F5N5O7S. The molecule has 0 aliphatic carbocycles. The third-order valence-corrected chi connectivity index (χ3v) is 7.49. The number of aromatic carboxylic acids is 1. The van der Waals surface area contributed by atoms with E-state index in [1.165, 1.54) is 30.2 Å². The molecule has 0 spiro atoms. The van der Waals surface area contributed by atoms with Crippen molar-refractivity contribution < 1.29 is 54.6 Å². The van der Waals surface area contributed by atoms with E-state index in [9.17, 15) is 50.0 Å². The first-order valence-corrected chi connectivity index (χ1v) is 14.7. The molecule has 244 valence electrons. The van der Waals surface area contributed by atoms with Crippen LogP contribution in [0.1, 0.15) is 56.6 Å². The zero-order valence-electron chi connectivity index (χ0n) is 23.7. The minimum Gasteiger partial charge on any atom is -0.478 e. The quantitative estimate of drug-likeness (QED) is 0.238. The van der Waals surface area contributed by atoms with Crippen LogP contribution in [0.25, 0.3) is 0 Å². The van der Waals surface area contributed by atoms with Gasteiger partial charge in [0.1, 0.15) is 41.6 Å². The Kier molecular flexibility index (Phi) is 11.7. The molecule has 0 radical (unpaired) electrons. The van der Waals surface area contributed by atoms with Crippen LogP contribution in [0.5, 0.6) is 0 Å². The van der Waals surface area contributed by atoms with Gasteiger partial charge in [0, 0.05) is 24.8 Å². The number of halogens is 5.